The molecule has 1 aromatic rings. The number of ether oxygens (including phenoxy) is 1. The molecule has 0 aromatic heterocycles. The number of aliphatic carboxylic acids is 1. The number of carboxylic acids is 1. The van der Waals surface area contributed by atoms with Gasteiger partial charge in [0.1, 0.15) is 20.7 Å². The van der Waals surface area contributed by atoms with E-state index in [1.165, 1.54) is 0 Å². The zero-order chi connectivity index (χ0) is 24.9. The lowest BCUT2D eigenvalue weighted by Crippen LogP contribution is -2.40. The van der Waals surface area contributed by atoms with Crippen molar-refractivity contribution < 1.29 is 24.2 Å². The highest BCUT2D eigenvalue weighted by Crippen LogP contribution is 2.35. The van der Waals surface area contributed by atoms with E-state index in [4.69, 9.17) is 4.74 Å². The van der Waals surface area contributed by atoms with Gasteiger partial charge in [0.25, 0.3) is 0 Å². The summed E-state index contributed by atoms with van der Waals surface area (Å²) < 4.78 is 5.13. The van der Waals surface area contributed by atoms with E-state index >= 15 is 0 Å². The van der Waals surface area contributed by atoms with Crippen LogP contribution < -0.4 is 10.6 Å². The Labute approximate surface area is 198 Å². The molecular formula is C25H38N2O5Si. The molecule has 8 heteroatoms. The number of carbonyl (C=O) groups excluding carboxylic acids is 2. The minimum atomic E-state index is -1.82. The van der Waals surface area contributed by atoms with Gasteiger partial charge in [0.15, 0.2) is 0 Å². The minimum Gasteiger partial charge on any atom is -0.480 e. The van der Waals surface area contributed by atoms with Crippen molar-refractivity contribution in [3.63, 3.8) is 0 Å². The second-order valence-electron chi connectivity index (χ2n) is 9.64. The van der Waals surface area contributed by atoms with Gasteiger partial charge < -0.3 is 20.5 Å². The van der Waals surface area contributed by atoms with Gasteiger partial charge in [0, 0.05) is 19.4 Å². The molecule has 0 aliphatic rings. The average molecular weight is 475 g/mol. The molecule has 1 rings (SSSR count). The van der Waals surface area contributed by atoms with Crippen LogP contribution >= 0.6 is 0 Å². The fourth-order valence-corrected chi connectivity index (χ4v) is 3.50. The van der Waals surface area contributed by atoms with E-state index in [0.717, 1.165) is 12.0 Å². The third-order valence-electron chi connectivity index (χ3n) is 5.78. The van der Waals surface area contributed by atoms with Crippen LogP contribution in [0.1, 0.15) is 58.4 Å². The second-order valence-corrected chi connectivity index (χ2v) is 14.6. The van der Waals surface area contributed by atoms with Gasteiger partial charge in [-0.1, -0.05) is 70.6 Å². The first-order chi connectivity index (χ1) is 15.4. The van der Waals surface area contributed by atoms with E-state index in [9.17, 15) is 19.5 Å². The van der Waals surface area contributed by atoms with Crippen molar-refractivity contribution in [3.05, 3.63) is 35.9 Å². The number of carbonyl (C=O) groups is 3. The Kier molecular flexibility index (Phi) is 11.7. The van der Waals surface area contributed by atoms with Gasteiger partial charge in [-0.15, -0.1) is 11.5 Å². The molecule has 0 saturated carbocycles. The maximum Gasteiger partial charge on any atom is 0.407 e. The average Bonchev–Trinajstić information content (AvgIpc) is 2.73. The van der Waals surface area contributed by atoms with Crippen LogP contribution in [0.15, 0.2) is 30.3 Å². The van der Waals surface area contributed by atoms with Gasteiger partial charge in [-0.2, -0.15) is 0 Å². The lowest BCUT2D eigenvalue weighted by Gasteiger charge is -2.31. The molecule has 0 heterocycles. The SMILES string of the molecule is CC(C)(C)[Si](C)(C)C#CC[C@@H](NC(=O)CCCCCNC(=O)OCc1ccccc1)C(=O)O. The normalized spacial score (nSPS) is 12.2. The van der Waals surface area contributed by atoms with E-state index in [-0.39, 0.29) is 30.4 Å². The zero-order valence-corrected chi connectivity index (χ0v) is 21.5. The van der Waals surface area contributed by atoms with Gasteiger partial charge in [0.2, 0.25) is 5.91 Å². The van der Waals surface area contributed by atoms with Crippen LogP contribution in [0.4, 0.5) is 4.79 Å². The van der Waals surface area contributed by atoms with Crippen molar-refractivity contribution in [3.8, 4) is 11.5 Å². The molecule has 7 nitrogen and oxygen atoms in total. The second kappa shape index (κ2) is 13.7. The third kappa shape index (κ3) is 11.6. The molecule has 3 N–H and O–H groups in total. The Morgan fingerprint density at radius 3 is 2.36 bits per heavy atom. The summed E-state index contributed by atoms with van der Waals surface area (Å²) in [6.45, 7) is 11.4. The summed E-state index contributed by atoms with van der Waals surface area (Å²) in [5.74, 6) is 1.62. The molecule has 0 spiro atoms. The van der Waals surface area contributed by atoms with Crippen molar-refractivity contribution in [2.45, 2.75) is 83.7 Å². The predicted molar refractivity (Wildman–Crippen MR) is 132 cm³/mol. The van der Waals surface area contributed by atoms with Crippen LogP contribution in [0.5, 0.6) is 0 Å². The maximum atomic E-state index is 12.1. The molecule has 0 saturated heterocycles. The highest BCUT2D eigenvalue weighted by atomic mass is 28.3. The van der Waals surface area contributed by atoms with E-state index in [2.05, 4.69) is 56.0 Å². The van der Waals surface area contributed by atoms with Gasteiger partial charge in [-0.25, -0.2) is 9.59 Å². The smallest absolute Gasteiger partial charge is 0.407 e. The van der Waals surface area contributed by atoms with Gasteiger partial charge in [-0.3, -0.25) is 4.79 Å². The van der Waals surface area contributed by atoms with Crippen LogP contribution in [0.3, 0.4) is 0 Å². The Morgan fingerprint density at radius 1 is 1.09 bits per heavy atom. The van der Waals surface area contributed by atoms with E-state index in [1.807, 2.05) is 30.3 Å². The van der Waals surface area contributed by atoms with Crippen molar-refractivity contribution in [1.82, 2.24) is 10.6 Å². The first-order valence-electron chi connectivity index (χ1n) is 11.4. The van der Waals surface area contributed by atoms with Crippen molar-refractivity contribution >= 4 is 26.0 Å². The largest absolute Gasteiger partial charge is 0.480 e. The standard InChI is InChI=1S/C25H38N2O5Si/c1-25(2,3)33(4,5)18-12-15-21(23(29)30)27-22(28)16-10-7-11-17-26-24(31)32-19-20-13-8-6-9-14-20/h6,8-9,13-14,21H,7,10-11,15-17,19H2,1-5H3,(H,26,31)(H,27,28)(H,29,30)/t21-/m1/s1. The van der Waals surface area contributed by atoms with Crippen molar-refractivity contribution in [2.24, 2.45) is 0 Å². The number of unbranched alkanes of at least 4 members (excludes halogenated alkanes) is 2. The van der Waals surface area contributed by atoms with Crippen LogP contribution in [0, 0.1) is 11.5 Å². The number of carboxylic acid groups (broad SMARTS) is 1. The van der Waals surface area contributed by atoms with E-state index in [0.29, 0.717) is 19.4 Å². The van der Waals surface area contributed by atoms with E-state index < -0.39 is 26.2 Å². The summed E-state index contributed by atoms with van der Waals surface area (Å²) in [5, 5.41) is 14.7. The quantitative estimate of drug-likeness (QED) is 0.249. The Morgan fingerprint density at radius 2 is 1.76 bits per heavy atom. The molecular weight excluding hydrogens is 436 g/mol. The number of hydrogen-bond acceptors (Lipinski definition) is 4. The molecule has 0 unspecified atom stereocenters. The van der Waals surface area contributed by atoms with Crippen LogP contribution in [0.2, 0.25) is 18.1 Å². The monoisotopic (exact) mass is 474 g/mol. The fraction of sp³-hybridized carbons (Fsp3) is 0.560. The lowest BCUT2D eigenvalue weighted by atomic mass is 10.1. The first kappa shape index (κ1) is 28.2. The summed E-state index contributed by atoms with van der Waals surface area (Å²) in [4.78, 5) is 35.3. The summed E-state index contributed by atoms with van der Waals surface area (Å²) in [6, 6.07) is 8.43. The number of hydrogen-bond donors (Lipinski definition) is 3. The molecule has 0 aliphatic heterocycles. The molecule has 0 fully saturated rings. The molecule has 1 atom stereocenters. The maximum absolute atomic E-state index is 12.1. The number of benzene rings is 1. The Bertz CT molecular complexity index is 838. The van der Waals surface area contributed by atoms with E-state index in [1.54, 1.807) is 0 Å². The predicted octanol–water partition coefficient (Wildman–Crippen LogP) is 4.48. The third-order valence-corrected chi connectivity index (χ3v) is 10.3. The molecule has 0 radical (unpaired) electrons. The number of nitrogens with one attached hydrogen (secondary N) is 2. The van der Waals surface area contributed by atoms with Crippen LogP contribution in [-0.4, -0.2) is 43.7 Å². The summed E-state index contributed by atoms with van der Waals surface area (Å²) >= 11 is 0. The Hall–Kier alpha value is -2.79. The highest BCUT2D eigenvalue weighted by Gasteiger charge is 2.33. The number of alkyl carbamates (subject to hydrolysis) is 1. The molecule has 33 heavy (non-hydrogen) atoms. The topological polar surface area (TPSA) is 105 Å². The van der Waals surface area contributed by atoms with Gasteiger partial charge in [-0.05, 0) is 23.4 Å². The zero-order valence-electron chi connectivity index (χ0n) is 20.5. The molecule has 2 amide bonds. The number of rotatable bonds is 11. The van der Waals surface area contributed by atoms with Crippen molar-refractivity contribution in [1.29, 1.82) is 0 Å². The van der Waals surface area contributed by atoms with Crippen LogP contribution in [0.25, 0.3) is 0 Å². The lowest BCUT2D eigenvalue weighted by molar-refractivity contribution is -0.141. The van der Waals surface area contributed by atoms with Gasteiger partial charge >= 0.3 is 12.1 Å². The Balaban J connectivity index is 2.25. The summed E-state index contributed by atoms with van der Waals surface area (Å²) in [7, 11) is -1.82. The highest BCUT2D eigenvalue weighted by molar-refractivity contribution is 6.87. The summed E-state index contributed by atoms with van der Waals surface area (Å²) in [6.07, 6.45) is 1.90. The fourth-order valence-electron chi connectivity index (χ4n) is 2.58. The summed E-state index contributed by atoms with van der Waals surface area (Å²) in [5.41, 5.74) is 4.20. The van der Waals surface area contributed by atoms with Crippen molar-refractivity contribution in [2.75, 3.05) is 6.54 Å². The van der Waals surface area contributed by atoms with Crippen LogP contribution in [-0.2, 0) is 20.9 Å². The molecule has 1 aromatic carbocycles. The van der Waals surface area contributed by atoms with Gasteiger partial charge in [0.05, 0.1) is 0 Å². The molecule has 182 valence electrons. The minimum absolute atomic E-state index is 0.0927. The number of amides is 2. The first-order valence-corrected chi connectivity index (χ1v) is 14.4. The molecule has 0 bridgehead atoms. The molecule has 0 aliphatic carbocycles.